The van der Waals surface area contributed by atoms with E-state index in [-0.39, 0.29) is 5.91 Å². The Kier molecular flexibility index (Phi) is 1.82. The molecule has 3 nitrogen and oxygen atoms in total. The number of rotatable bonds is 1. The minimum atomic E-state index is 0.108. The summed E-state index contributed by atoms with van der Waals surface area (Å²) < 4.78 is 0. The van der Waals surface area contributed by atoms with Crippen molar-refractivity contribution in [3.05, 3.63) is 0 Å². The van der Waals surface area contributed by atoms with Crippen LogP contribution in [0.5, 0.6) is 0 Å². The van der Waals surface area contributed by atoms with Crippen LogP contribution in [0.25, 0.3) is 0 Å². The number of hydrogen-bond acceptors (Lipinski definition) is 2. The van der Waals surface area contributed by atoms with Gasteiger partial charge in [-0.2, -0.15) is 5.10 Å². The molecule has 0 N–H and O–H groups in total. The highest BCUT2D eigenvalue weighted by molar-refractivity contribution is 5.82. The van der Waals surface area contributed by atoms with Crippen LogP contribution < -0.4 is 0 Å². The zero-order valence-electron chi connectivity index (χ0n) is 5.42. The van der Waals surface area contributed by atoms with Crippen molar-refractivity contribution in [2.75, 3.05) is 6.54 Å². The third-order valence-corrected chi connectivity index (χ3v) is 1.23. The molecular formula is C6H9N2O. The zero-order chi connectivity index (χ0) is 6.69. The van der Waals surface area contributed by atoms with Crippen LogP contribution in [-0.4, -0.2) is 23.7 Å². The highest BCUT2D eigenvalue weighted by Crippen LogP contribution is 2.02. The molecule has 0 saturated heterocycles. The van der Waals surface area contributed by atoms with Crippen molar-refractivity contribution in [2.24, 2.45) is 5.10 Å². The Bertz CT molecular complexity index is 142. The van der Waals surface area contributed by atoms with E-state index in [0.29, 0.717) is 19.4 Å². The smallest absolute Gasteiger partial charge is 0.243 e. The summed E-state index contributed by atoms with van der Waals surface area (Å²) in [7, 11) is 0. The van der Waals surface area contributed by atoms with E-state index in [9.17, 15) is 4.79 Å². The molecular weight excluding hydrogens is 116 g/mol. The molecule has 1 heterocycles. The quantitative estimate of drug-likeness (QED) is 0.502. The Labute approximate surface area is 54.3 Å². The highest BCUT2D eigenvalue weighted by Gasteiger charge is 2.12. The Balaban J connectivity index is 2.57. The standard InChI is InChI=1S/C6H9N2O/c1-2-8-6(9)4-3-5-7-8/h2-4H2,1H3. The third kappa shape index (κ3) is 1.28. The fraction of sp³-hybridized carbons (Fsp3) is 0.667. The molecule has 0 spiro atoms. The molecule has 0 saturated carbocycles. The zero-order valence-corrected chi connectivity index (χ0v) is 5.42. The molecule has 0 aliphatic carbocycles. The van der Waals surface area contributed by atoms with Gasteiger partial charge in [0.15, 0.2) is 0 Å². The number of nitrogens with zero attached hydrogens (tertiary/aromatic N) is 2. The van der Waals surface area contributed by atoms with Crippen LogP contribution >= 0.6 is 0 Å². The summed E-state index contributed by atoms with van der Waals surface area (Å²) in [5, 5.41) is 5.20. The van der Waals surface area contributed by atoms with Crippen molar-refractivity contribution in [1.29, 1.82) is 0 Å². The van der Waals surface area contributed by atoms with E-state index in [1.54, 1.807) is 0 Å². The van der Waals surface area contributed by atoms with Gasteiger partial charge in [0, 0.05) is 19.4 Å². The molecule has 0 aromatic rings. The van der Waals surface area contributed by atoms with Gasteiger partial charge in [-0.15, -0.1) is 0 Å². The van der Waals surface area contributed by atoms with Gasteiger partial charge in [-0.1, -0.05) is 0 Å². The molecule has 1 aliphatic heterocycles. The summed E-state index contributed by atoms with van der Waals surface area (Å²) in [5.74, 6) is 0.108. The normalized spacial score (nSPS) is 18.8. The molecule has 3 heteroatoms. The van der Waals surface area contributed by atoms with Crippen LogP contribution in [0.4, 0.5) is 0 Å². The molecule has 0 aromatic heterocycles. The molecule has 0 unspecified atom stereocenters. The van der Waals surface area contributed by atoms with E-state index < -0.39 is 0 Å². The molecule has 9 heavy (non-hydrogen) atoms. The Morgan fingerprint density at radius 3 is 3.11 bits per heavy atom. The van der Waals surface area contributed by atoms with E-state index in [1.807, 2.05) is 6.92 Å². The van der Waals surface area contributed by atoms with Gasteiger partial charge in [0.1, 0.15) is 0 Å². The first kappa shape index (κ1) is 6.26. The van der Waals surface area contributed by atoms with Crippen molar-refractivity contribution in [2.45, 2.75) is 19.8 Å². The number of amides is 1. The average molecular weight is 125 g/mol. The number of carbonyl (C=O) groups excluding carboxylic acids is 1. The average Bonchev–Trinajstić information content (AvgIpc) is 1.89. The molecule has 1 amide bonds. The first-order chi connectivity index (χ1) is 4.34. The maximum Gasteiger partial charge on any atom is 0.243 e. The Hall–Kier alpha value is -0.860. The molecule has 0 aromatic carbocycles. The Morgan fingerprint density at radius 1 is 1.89 bits per heavy atom. The SMILES string of the molecule is CCN1N=[C]CCC1=O. The third-order valence-electron chi connectivity index (χ3n) is 1.23. The summed E-state index contributed by atoms with van der Waals surface area (Å²) >= 11 is 0. The van der Waals surface area contributed by atoms with E-state index in [4.69, 9.17) is 0 Å². The second-order valence-electron chi connectivity index (χ2n) is 1.87. The van der Waals surface area contributed by atoms with E-state index in [2.05, 4.69) is 11.3 Å². The van der Waals surface area contributed by atoms with Gasteiger partial charge >= 0.3 is 0 Å². The molecule has 0 atom stereocenters. The van der Waals surface area contributed by atoms with Gasteiger partial charge in [0.05, 0.1) is 6.21 Å². The van der Waals surface area contributed by atoms with Crippen molar-refractivity contribution in [3.63, 3.8) is 0 Å². The number of hydrazone groups is 1. The topological polar surface area (TPSA) is 32.7 Å². The summed E-state index contributed by atoms with van der Waals surface area (Å²) in [5.41, 5.74) is 0. The Morgan fingerprint density at radius 2 is 2.67 bits per heavy atom. The highest BCUT2D eigenvalue weighted by atomic mass is 16.2. The van der Waals surface area contributed by atoms with Gasteiger partial charge in [-0.05, 0) is 6.92 Å². The van der Waals surface area contributed by atoms with Gasteiger partial charge in [-0.25, -0.2) is 5.01 Å². The number of hydrogen-bond donors (Lipinski definition) is 0. The molecule has 1 aliphatic rings. The first-order valence-corrected chi connectivity index (χ1v) is 3.08. The van der Waals surface area contributed by atoms with Gasteiger partial charge < -0.3 is 0 Å². The minimum Gasteiger partial charge on any atom is -0.273 e. The van der Waals surface area contributed by atoms with Crippen LogP contribution in [0, 0.1) is 0 Å². The van der Waals surface area contributed by atoms with Gasteiger partial charge in [-0.3, -0.25) is 4.79 Å². The van der Waals surface area contributed by atoms with Crippen LogP contribution in [-0.2, 0) is 4.79 Å². The molecule has 0 fully saturated rings. The van der Waals surface area contributed by atoms with Crippen LogP contribution in [0.2, 0.25) is 0 Å². The van der Waals surface area contributed by atoms with Crippen LogP contribution in [0.15, 0.2) is 5.10 Å². The van der Waals surface area contributed by atoms with E-state index in [1.165, 1.54) is 5.01 Å². The second-order valence-corrected chi connectivity index (χ2v) is 1.87. The lowest BCUT2D eigenvalue weighted by Gasteiger charge is -2.16. The van der Waals surface area contributed by atoms with Crippen molar-refractivity contribution < 1.29 is 4.79 Å². The monoisotopic (exact) mass is 125 g/mol. The van der Waals surface area contributed by atoms with Gasteiger partial charge in [0.2, 0.25) is 5.91 Å². The summed E-state index contributed by atoms with van der Waals surface area (Å²) in [4.78, 5) is 10.8. The van der Waals surface area contributed by atoms with Crippen LogP contribution in [0.1, 0.15) is 19.8 Å². The summed E-state index contributed by atoms with van der Waals surface area (Å²) in [6.45, 7) is 2.56. The lowest BCUT2D eigenvalue weighted by molar-refractivity contribution is -0.131. The van der Waals surface area contributed by atoms with Crippen molar-refractivity contribution >= 4 is 12.1 Å². The predicted octanol–water partition coefficient (Wildman–Crippen LogP) is 0.492. The van der Waals surface area contributed by atoms with Crippen molar-refractivity contribution in [1.82, 2.24) is 5.01 Å². The summed E-state index contributed by atoms with van der Waals surface area (Å²) in [6, 6.07) is 0. The number of carbonyl (C=O) groups is 1. The fourth-order valence-corrected chi connectivity index (χ4v) is 0.730. The minimum absolute atomic E-state index is 0.108. The van der Waals surface area contributed by atoms with E-state index >= 15 is 0 Å². The molecule has 0 bridgehead atoms. The largest absolute Gasteiger partial charge is 0.273 e. The van der Waals surface area contributed by atoms with Gasteiger partial charge in [0.25, 0.3) is 0 Å². The van der Waals surface area contributed by atoms with Crippen molar-refractivity contribution in [3.8, 4) is 0 Å². The first-order valence-electron chi connectivity index (χ1n) is 3.08. The van der Waals surface area contributed by atoms with Crippen LogP contribution in [0.3, 0.4) is 0 Å². The maximum absolute atomic E-state index is 10.8. The lowest BCUT2D eigenvalue weighted by atomic mass is 10.3. The molecule has 49 valence electrons. The molecule has 1 radical (unpaired) electrons. The maximum atomic E-state index is 10.8. The van der Waals surface area contributed by atoms with E-state index in [0.717, 1.165) is 0 Å². The summed E-state index contributed by atoms with van der Waals surface area (Å²) in [6.07, 6.45) is 3.99. The fourth-order valence-electron chi connectivity index (χ4n) is 0.730. The predicted molar refractivity (Wildman–Crippen MR) is 34.1 cm³/mol. The molecule has 1 rings (SSSR count). The lowest BCUT2D eigenvalue weighted by Crippen LogP contribution is -2.28. The second kappa shape index (κ2) is 2.62.